The van der Waals surface area contributed by atoms with Crippen LogP contribution in [0.4, 0.5) is 0 Å². The number of piperidine rings is 1. The van der Waals surface area contributed by atoms with Crippen molar-refractivity contribution in [2.75, 3.05) is 20.1 Å². The van der Waals surface area contributed by atoms with E-state index in [1.807, 2.05) is 48.3 Å². The van der Waals surface area contributed by atoms with Gasteiger partial charge in [0.2, 0.25) is 5.91 Å². The Morgan fingerprint density at radius 2 is 1.71 bits per heavy atom. The van der Waals surface area contributed by atoms with Crippen LogP contribution in [0.3, 0.4) is 0 Å². The first kappa shape index (κ1) is 22.6. The van der Waals surface area contributed by atoms with Gasteiger partial charge in [-0.25, -0.2) is 0 Å². The van der Waals surface area contributed by atoms with E-state index in [4.69, 9.17) is 4.74 Å². The molecule has 176 valence electrons. The molecule has 2 aliphatic heterocycles. The molecule has 5 nitrogen and oxygen atoms in total. The summed E-state index contributed by atoms with van der Waals surface area (Å²) in [6, 6.07) is 25.0. The molecule has 0 unspecified atom stereocenters. The zero-order valence-corrected chi connectivity index (χ0v) is 19.9. The molecule has 1 amide bonds. The van der Waals surface area contributed by atoms with Crippen LogP contribution in [-0.2, 0) is 24.4 Å². The Kier molecular flexibility index (Phi) is 6.63. The van der Waals surface area contributed by atoms with Gasteiger partial charge in [-0.1, -0.05) is 54.6 Å². The number of pyridine rings is 1. The third-order valence-corrected chi connectivity index (χ3v) is 7.54. The topological polar surface area (TPSA) is 45.7 Å². The fraction of sp³-hybridized carbons (Fsp3) is 0.379. The number of carbonyl (C=O) groups excluding carboxylic acids is 1. The van der Waals surface area contributed by atoms with Crippen LogP contribution in [0.2, 0.25) is 0 Å². The summed E-state index contributed by atoms with van der Waals surface area (Å²) >= 11 is 0. The fourth-order valence-corrected chi connectivity index (χ4v) is 5.52. The molecule has 2 aliphatic rings. The molecular weight excluding hydrogens is 422 g/mol. The number of amides is 1. The van der Waals surface area contributed by atoms with Crippen LogP contribution < -0.4 is 4.74 Å². The second-order valence-electron chi connectivity index (χ2n) is 9.74. The smallest absolute Gasteiger partial charge is 0.228 e. The summed E-state index contributed by atoms with van der Waals surface area (Å²) in [5.74, 6) is 1.25. The number of rotatable bonds is 7. The first-order valence-corrected chi connectivity index (χ1v) is 12.3. The number of aromatic nitrogens is 1. The average molecular weight is 456 g/mol. The molecule has 0 radical (unpaired) electrons. The Labute approximate surface area is 202 Å². The van der Waals surface area contributed by atoms with Crippen molar-refractivity contribution in [1.29, 1.82) is 0 Å². The predicted molar refractivity (Wildman–Crippen MR) is 133 cm³/mol. The summed E-state index contributed by atoms with van der Waals surface area (Å²) in [6.45, 7) is 3.18. The highest BCUT2D eigenvalue weighted by Crippen LogP contribution is 2.45. The third kappa shape index (κ3) is 4.85. The van der Waals surface area contributed by atoms with E-state index in [0.29, 0.717) is 18.6 Å². The van der Waals surface area contributed by atoms with Gasteiger partial charge in [0.05, 0.1) is 11.1 Å². The largest absolute Gasteiger partial charge is 0.487 e. The van der Waals surface area contributed by atoms with Gasteiger partial charge < -0.3 is 9.64 Å². The summed E-state index contributed by atoms with van der Waals surface area (Å²) in [5, 5.41) is 0. The Bertz CT molecular complexity index is 1090. The highest BCUT2D eigenvalue weighted by atomic mass is 16.5. The zero-order valence-electron chi connectivity index (χ0n) is 19.9. The van der Waals surface area contributed by atoms with Gasteiger partial charge in [-0.05, 0) is 62.5 Å². The second-order valence-corrected chi connectivity index (χ2v) is 9.74. The molecule has 2 aromatic carbocycles. The fourth-order valence-electron chi connectivity index (χ4n) is 5.52. The minimum atomic E-state index is -0.195. The average Bonchev–Trinajstić information content (AvgIpc) is 3.10. The number of para-hydroxylation sites is 1. The summed E-state index contributed by atoms with van der Waals surface area (Å²) < 4.78 is 6.11. The SMILES string of the molecule is CN1C(=O)C2(CCN(Cc3ccccc3OCc3ccccn3)CC2)C[C@H]1Cc1ccccc1. The number of carbonyl (C=O) groups is 1. The van der Waals surface area contributed by atoms with Crippen LogP contribution in [0, 0.1) is 5.41 Å². The predicted octanol–water partition coefficient (Wildman–Crippen LogP) is 4.72. The summed E-state index contributed by atoms with van der Waals surface area (Å²) in [6.07, 6.45) is 5.56. The standard InChI is InChI=1S/C29H33N3O2/c1-31-26(19-23-9-3-2-4-10-23)20-29(28(31)33)14-17-32(18-15-29)21-24-11-5-6-13-27(24)34-22-25-12-7-8-16-30-25/h2-13,16,26H,14-15,17-22H2,1H3/t26-/m1/s1. The van der Waals surface area contributed by atoms with Crippen molar-refractivity contribution in [3.8, 4) is 5.75 Å². The Hall–Kier alpha value is -3.18. The van der Waals surface area contributed by atoms with E-state index in [-0.39, 0.29) is 5.41 Å². The van der Waals surface area contributed by atoms with Gasteiger partial charge in [-0.15, -0.1) is 0 Å². The minimum absolute atomic E-state index is 0.195. The normalized spacial score (nSPS) is 20.1. The molecule has 0 bridgehead atoms. The van der Waals surface area contributed by atoms with E-state index in [1.54, 1.807) is 6.20 Å². The molecule has 5 rings (SSSR count). The molecule has 34 heavy (non-hydrogen) atoms. The van der Waals surface area contributed by atoms with Crippen LogP contribution in [-0.4, -0.2) is 46.9 Å². The van der Waals surface area contributed by atoms with E-state index in [1.165, 1.54) is 11.1 Å². The van der Waals surface area contributed by atoms with Crippen molar-refractivity contribution in [1.82, 2.24) is 14.8 Å². The molecule has 0 N–H and O–H groups in total. The van der Waals surface area contributed by atoms with Crippen molar-refractivity contribution in [3.63, 3.8) is 0 Å². The highest BCUT2D eigenvalue weighted by molar-refractivity contribution is 5.85. The zero-order chi connectivity index (χ0) is 23.4. The Morgan fingerprint density at radius 3 is 2.47 bits per heavy atom. The Balaban J connectivity index is 1.19. The lowest BCUT2D eigenvalue weighted by Crippen LogP contribution is -2.43. The van der Waals surface area contributed by atoms with Crippen molar-refractivity contribution >= 4 is 5.91 Å². The van der Waals surface area contributed by atoms with Gasteiger partial charge in [-0.2, -0.15) is 0 Å². The molecular formula is C29H33N3O2. The van der Waals surface area contributed by atoms with E-state index < -0.39 is 0 Å². The van der Waals surface area contributed by atoms with Gasteiger partial charge in [0.15, 0.2) is 0 Å². The minimum Gasteiger partial charge on any atom is -0.487 e. The third-order valence-electron chi connectivity index (χ3n) is 7.54. The summed E-state index contributed by atoms with van der Waals surface area (Å²) in [7, 11) is 1.99. The molecule has 1 aromatic heterocycles. The first-order valence-electron chi connectivity index (χ1n) is 12.3. The molecule has 2 fully saturated rings. The number of hydrogen-bond donors (Lipinski definition) is 0. The molecule has 0 aliphatic carbocycles. The van der Waals surface area contributed by atoms with Crippen LogP contribution in [0.1, 0.15) is 36.1 Å². The number of benzene rings is 2. The van der Waals surface area contributed by atoms with Crippen molar-refractivity contribution < 1.29 is 9.53 Å². The number of ether oxygens (including phenoxy) is 1. The maximum atomic E-state index is 13.3. The molecule has 1 spiro atoms. The van der Waals surface area contributed by atoms with E-state index in [2.05, 4.69) is 46.3 Å². The van der Waals surface area contributed by atoms with Gasteiger partial charge in [0.1, 0.15) is 12.4 Å². The van der Waals surface area contributed by atoms with Crippen molar-refractivity contribution in [2.45, 2.75) is 44.9 Å². The molecule has 5 heteroatoms. The highest BCUT2D eigenvalue weighted by Gasteiger charge is 2.51. The van der Waals surface area contributed by atoms with Crippen molar-refractivity contribution in [3.05, 3.63) is 95.8 Å². The quantitative estimate of drug-likeness (QED) is 0.517. The van der Waals surface area contributed by atoms with Crippen LogP contribution in [0.25, 0.3) is 0 Å². The molecule has 3 aromatic rings. The van der Waals surface area contributed by atoms with Crippen LogP contribution in [0.5, 0.6) is 5.75 Å². The van der Waals surface area contributed by atoms with Crippen LogP contribution in [0.15, 0.2) is 79.0 Å². The Morgan fingerprint density at radius 1 is 0.971 bits per heavy atom. The van der Waals surface area contributed by atoms with E-state index in [9.17, 15) is 4.79 Å². The molecule has 3 heterocycles. The first-order chi connectivity index (χ1) is 16.6. The van der Waals surface area contributed by atoms with Gasteiger partial charge >= 0.3 is 0 Å². The number of hydrogen-bond acceptors (Lipinski definition) is 4. The number of likely N-dealkylation sites (tertiary alicyclic amines) is 2. The molecule has 0 saturated carbocycles. The molecule has 1 atom stereocenters. The maximum Gasteiger partial charge on any atom is 0.228 e. The van der Waals surface area contributed by atoms with Gasteiger partial charge in [-0.3, -0.25) is 14.7 Å². The number of nitrogens with zero attached hydrogens (tertiary/aromatic N) is 3. The monoisotopic (exact) mass is 455 g/mol. The maximum absolute atomic E-state index is 13.3. The van der Waals surface area contributed by atoms with E-state index in [0.717, 1.165) is 56.8 Å². The lowest BCUT2D eigenvalue weighted by molar-refractivity contribution is -0.137. The number of likely N-dealkylation sites (N-methyl/N-ethyl adjacent to an activating group) is 1. The lowest BCUT2D eigenvalue weighted by atomic mass is 9.75. The summed E-state index contributed by atoms with van der Waals surface area (Å²) in [4.78, 5) is 22.1. The van der Waals surface area contributed by atoms with Gasteiger partial charge in [0.25, 0.3) is 0 Å². The molecule has 2 saturated heterocycles. The lowest BCUT2D eigenvalue weighted by Gasteiger charge is -2.38. The van der Waals surface area contributed by atoms with Crippen LogP contribution >= 0.6 is 0 Å². The summed E-state index contributed by atoms with van der Waals surface area (Å²) in [5.41, 5.74) is 3.22. The van der Waals surface area contributed by atoms with Gasteiger partial charge in [0, 0.05) is 31.4 Å². The second kappa shape index (κ2) is 9.98. The van der Waals surface area contributed by atoms with Crippen molar-refractivity contribution in [2.24, 2.45) is 5.41 Å². The van der Waals surface area contributed by atoms with E-state index >= 15 is 0 Å².